The van der Waals surface area contributed by atoms with Crippen LogP contribution in [-0.2, 0) is 29.1 Å². The molecule has 0 atom stereocenters. The molecule has 0 radical (unpaired) electrons. The Morgan fingerprint density at radius 3 is 2.74 bits per heavy atom. The van der Waals surface area contributed by atoms with Crippen molar-refractivity contribution in [2.75, 3.05) is 7.11 Å². The van der Waals surface area contributed by atoms with E-state index in [1.807, 2.05) is 36.4 Å². The number of phenols is 1. The Balaban J connectivity index is 1.65. The fraction of sp³-hybridized carbons (Fsp3) is 0.160. The zero-order valence-electron chi connectivity index (χ0n) is 17.1. The molecule has 0 saturated heterocycles. The fourth-order valence-corrected chi connectivity index (χ4v) is 3.54. The van der Waals surface area contributed by atoms with Gasteiger partial charge in [0.15, 0.2) is 0 Å². The van der Waals surface area contributed by atoms with Gasteiger partial charge in [-0.25, -0.2) is 0 Å². The first-order valence-corrected chi connectivity index (χ1v) is 9.88. The summed E-state index contributed by atoms with van der Waals surface area (Å²) in [6, 6.07) is 18.7. The van der Waals surface area contributed by atoms with Crippen molar-refractivity contribution in [1.82, 2.24) is 0 Å². The number of carbonyl (C=O) groups is 1. The van der Waals surface area contributed by atoms with E-state index in [0.29, 0.717) is 17.9 Å². The van der Waals surface area contributed by atoms with Crippen LogP contribution in [0.1, 0.15) is 16.7 Å². The van der Waals surface area contributed by atoms with E-state index in [-0.39, 0.29) is 18.8 Å². The molecule has 0 aliphatic heterocycles. The van der Waals surface area contributed by atoms with Gasteiger partial charge in [-0.15, -0.1) is 0 Å². The highest BCUT2D eigenvalue weighted by Crippen LogP contribution is 2.32. The van der Waals surface area contributed by atoms with Crippen LogP contribution in [0.3, 0.4) is 0 Å². The van der Waals surface area contributed by atoms with Gasteiger partial charge in [0.2, 0.25) is 0 Å². The second-order valence-electron chi connectivity index (χ2n) is 7.22. The average molecular weight is 417 g/mol. The lowest BCUT2D eigenvalue weighted by Crippen LogP contribution is -2.07. The fourth-order valence-electron chi connectivity index (χ4n) is 3.54. The first kappa shape index (κ1) is 20.5. The minimum Gasteiger partial charge on any atom is -0.508 e. The monoisotopic (exact) mass is 417 g/mol. The van der Waals surface area contributed by atoms with Gasteiger partial charge in [0.05, 0.1) is 19.8 Å². The largest absolute Gasteiger partial charge is 0.508 e. The summed E-state index contributed by atoms with van der Waals surface area (Å²) in [4.78, 5) is 11.7. The molecule has 1 aromatic heterocycles. The molecule has 6 heteroatoms. The van der Waals surface area contributed by atoms with E-state index in [4.69, 9.17) is 19.6 Å². The number of carbonyl (C=O) groups excluding carboxylic acids is 1. The molecule has 0 aliphatic carbocycles. The van der Waals surface area contributed by atoms with Crippen LogP contribution in [-0.4, -0.2) is 18.2 Å². The van der Waals surface area contributed by atoms with Gasteiger partial charge >= 0.3 is 5.97 Å². The zero-order valence-corrected chi connectivity index (χ0v) is 17.1. The molecular formula is C25H23NO5. The number of aromatic hydroxyl groups is 1. The molecule has 0 spiro atoms. The van der Waals surface area contributed by atoms with E-state index in [0.717, 1.165) is 33.2 Å². The average Bonchev–Trinajstić information content (AvgIpc) is 3.26. The smallest absolute Gasteiger partial charge is 0.310 e. The van der Waals surface area contributed by atoms with Gasteiger partial charge in [-0.05, 0) is 59.2 Å². The molecule has 3 N–H and O–H groups in total. The quantitative estimate of drug-likeness (QED) is 0.428. The van der Waals surface area contributed by atoms with Crippen LogP contribution in [0.2, 0.25) is 0 Å². The van der Waals surface area contributed by atoms with Gasteiger partial charge in [-0.2, -0.15) is 0 Å². The van der Waals surface area contributed by atoms with E-state index >= 15 is 0 Å². The first-order valence-electron chi connectivity index (χ1n) is 9.88. The van der Waals surface area contributed by atoms with E-state index in [2.05, 4.69) is 6.07 Å². The van der Waals surface area contributed by atoms with Crippen LogP contribution in [0.15, 0.2) is 71.3 Å². The molecule has 6 nitrogen and oxygen atoms in total. The van der Waals surface area contributed by atoms with E-state index in [1.165, 1.54) is 19.2 Å². The molecule has 4 rings (SSSR count). The predicted molar refractivity (Wildman–Crippen MR) is 118 cm³/mol. The minimum absolute atomic E-state index is 0.0120. The van der Waals surface area contributed by atoms with Crippen LogP contribution in [0.5, 0.6) is 11.5 Å². The van der Waals surface area contributed by atoms with Crippen molar-refractivity contribution < 1.29 is 23.8 Å². The number of fused-ring (bicyclic) bond motifs is 1. The summed E-state index contributed by atoms with van der Waals surface area (Å²) >= 11 is 0. The molecule has 0 bridgehead atoms. The predicted octanol–water partition coefficient (Wildman–Crippen LogP) is 4.56. The Morgan fingerprint density at radius 1 is 1.06 bits per heavy atom. The lowest BCUT2D eigenvalue weighted by atomic mass is 9.99. The summed E-state index contributed by atoms with van der Waals surface area (Å²) in [5.74, 6) is 0.174. The number of hydrogen-bond donors (Lipinski definition) is 2. The second kappa shape index (κ2) is 8.93. The van der Waals surface area contributed by atoms with E-state index < -0.39 is 5.97 Å². The highest BCUT2D eigenvalue weighted by molar-refractivity contribution is 5.93. The van der Waals surface area contributed by atoms with Gasteiger partial charge in [0.25, 0.3) is 0 Å². The maximum absolute atomic E-state index is 11.7. The van der Waals surface area contributed by atoms with Crippen LogP contribution in [0, 0.1) is 0 Å². The molecule has 0 fully saturated rings. The van der Waals surface area contributed by atoms with Gasteiger partial charge in [-0.3, -0.25) is 4.79 Å². The molecule has 158 valence electrons. The van der Waals surface area contributed by atoms with Crippen LogP contribution < -0.4 is 10.5 Å². The number of methoxy groups -OCH3 is 1. The normalized spacial score (nSPS) is 10.9. The number of phenolic OH excluding ortho intramolecular Hbond substituents is 1. The molecule has 31 heavy (non-hydrogen) atoms. The van der Waals surface area contributed by atoms with E-state index in [1.54, 1.807) is 12.3 Å². The van der Waals surface area contributed by atoms with Crippen LogP contribution in [0.4, 0.5) is 0 Å². The molecule has 0 saturated carbocycles. The zero-order chi connectivity index (χ0) is 21.8. The number of hydrogen-bond acceptors (Lipinski definition) is 6. The number of nitrogens with two attached hydrogens (primary N) is 1. The third kappa shape index (κ3) is 4.54. The molecule has 0 unspecified atom stereocenters. The number of rotatable bonds is 7. The number of ether oxygens (including phenoxy) is 2. The van der Waals surface area contributed by atoms with Crippen molar-refractivity contribution in [1.29, 1.82) is 0 Å². The number of esters is 1. The lowest BCUT2D eigenvalue weighted by molar-refractivity contribution is -0.139. The Morgan fingerprint density at radius 2 is 1.94 bits per heavy atom. The Bertz CT molecular complexity index is 1230. The van der Waals surface area contributed by atoms with Crippen molar-refractivity contribution in [3.05, 3.63) is 83.6 Å². The standard InChI is InChI=1S/C25H23NO5/c1-29-24(28)13-20-12-21(27)5-6-23(20)31-15-17-10-19-7-8-30-25(19)22(11-17)18-4-2-3-16(9-18)14-26/h2-12,27H,13-15,26H2,1H3. The maximum Gasteiger partial charge on any atom is 0.310 e. The van der Waals surface area contributed by atoms with Crippen molar-refractivity contribution in [3.63, 3.8) is 0 Å². The van der Waals surface area contributed by atoms with Crippen molar-refractivity contribution in [2.45, 2.75) is 19.6 Å². The van der Waals surface area contributed by atoms with Gasteiger partial charge < -0.3 is 24.7 Å². The number of benzene rings is 3. The molecule has 3 aromatic carbocycles. The Hall–Kier alpha value is -3.77. The summed E-state index contributed by atoms with van der Waals surface area (Å²) in [7, 11) is 1.33. The summed E-state index contributed by atoms with van der Waals surface area (Å²) < 4.78 is 16.5. The molecule has 1 heterocycles. The third-order valence-corrected chi connectivity index (χ3v) is 5.09. The molecular weight excluding hydrogens is 394 g/mol. The summed E-state index contributed by atoms with van der Waals surface area (Å²) in [6.07, 6.45) is 1.68. The van der Waals surface area contributed by atoms with Crippen molar-refractivity contribution >= 4 is 16.9 Å². The second-order valence-corrected chi connectivity index (χ2v) is 7.22. The van der Waals surface area contributed by atoms with Crippen molar-refractivity contribution in [2.24, 2.45) is 5.73 Å². The molecule has 0 amide bonds. The van der Waals surface area contributed by atoms with Gasteiger partial charge in [0.1, 0.15) is 23.7 Å². The Kier molecular flexibility index (Phi) is 5.91. The topological polar surface area (TPSA) is 94.9 Å². The minimum atomic E-state index is -0.405. The molecule has 0 aliphatic rings. The summed E-state index contributed by atoms with van der Waals surface area (Å²) in [6.45, 7) is 0.741. The maximum atomic E-state index is 11.7. The van der Waals surface area contributed by atoms with Gasteiger partial charge in [0, 0.05) is 23.1 Å². The summed E-state index contributed by atoms with van der Waals surface area (Å²) in [5.41, 5.74) is 11.1. The number of furan rings is 1. The lowest BCUT2D eigenvalue weighted by Gasteiger charge is -2.13. The third-order valence-electron chi connectivity index (χ3n) is 5.09. The Labute approximate surface area is 179 Å². The van der Waals surface area contributed by atoms with E-state index in [9.17, 15) is 9.90 Å². The van der Waals surface area contributed by atoms with Gasteiger partial charge in [-0.1, -0.05) is 18.2 Å². The molecule has 4 aromatic rings. The van der Waals surface area contributed by atoms with Crippen LogP contribution in [0.25, 0.3) is 22.1 Å². The van der Waals surface area contributed by atoms with Crippen molar-refractivity contribution in [3.8, 4) is 22.6 Å². The highest BCUT2D eigenvalue weighted by atomic mass is 16.5. The van der Waals surface area contributed by atoms with Crippen LogP contribution >= 0.6 is 0 Å². The SMILES string of the molecule is COC(=O)Cc1cc(O)ccc1OCc1cc(-c2cccc(CN)c2)c2occc2c1. The highest BCUT2D eigenvalue weighted by Gasteiger charge is 2.13. The summed E-state index contributed by atoms with van der Waals surface area (Å²) in [5, 5.41) is 10.7. The first-order chi connectivity index (χ1) is 15.1.